The number of hydrogen-bond acceptors (Lipinski definition) is 7. The number of methoxy groups -OCH3 is 1. The van der Waals surface area contributed by atoms with Crippen LogP contribution in [0.25, 0.3) is 11.0 Å². The van der Waals surface area contributed by atoms with Crippen LogP contribution in [0.1, 0.15) is 30.3 Å². The van der Waals surface area contributed by atoms with Crippen molar-refractivity contribution in [2.75, 3.05) is 36.8 Å². The Labute approximate surface area is 139 Å². The second-order valence-electron chi connectivity index (χ2n) is 5.46. The van der Waals surface area contributed by atoms with Crippen molar-refractivity contribution in [3.05, 3.63) is 5.69 Å². The number of carbonyl (C=O) groups excluding carboxylic acids is 1. The van der Waals surface area contributed by atoms with E-state index in [1.165, 1.54) is 18.9 Å². The number of ether oxygens (including phenoxy) is 1. The van der Waals surface area contributed by atoms with Gasteiger partial charge in [-0.3, -0.25) is 0 Å². The highest BCUT2D eigenvalue weighted by Crippen LogP contribution is 2.39. The van der Waals surface area contributed by atoms with Crippen molar-refractivity contribution < 1.29 is 9.53 Å². The summed E-state index contributed by atoms with van der Waals surface area (Å²) in [5, 5.41) is 4.95. The van der Waals surface area contributed by atoms with Crippen LogP contribution in [0.5, 0.6) is 0 Å². The van der Waals surface area contributed by atoms with E-state index in [1.54, 1.807) is 4.57 Å². The molecule has 8 heteroatoms. The van der Waals surface area contributed by atoms with E-state index in [9.17, 15) is 4.79 Å². The summed E-state index contributed by atoms with van der Waals surface area (Å²) in [4.78, 5) is 23.7. The lowest BCUT2D eigenvalue weighted by atomic mass is 10.2. The molecule has 2 aromatic heterocycles. The van der Waals surface area contributed by atoms with Crippen molar-refractivity contribution in [2.45, 2.75) is 24.9 Å². The minimum Gasteiger partial charge on any atom is -0.464 e. The number of nitrogens with one attached hydrogen (secondary N) is 1. The number of nitrogens with zero attached hydrogens (tertiary/aromatic N) is 4. The molecular weight excluding hydrogens is 314 g/mol. The molecule has 23 heavy (non-hydrogen) atoms. The molecule has 1 aliphatic heterocycles. The first-order valence-electron chi connectivity index (χ1n) is 7.63. The van der Waals surface area contributed by atoms with Gasteiger partial charge in [-0.05, 0) is 12.7 Å². The van der Waals surface area contributed by atoms with Crippen molar-refractivity contribution in [3.8, 4) is 0 Å². The van der Waals surface area contributed by atoms with Gasteiger partial charge in [-0.1, -0.05) is 25.1 Å². The SMILES string of the molecule is CCCCN1CNc2c(C(=O)OC)n(C)c3nc(SC)nc1c23. The molecule has 1 N–H and O–H groups in total. The molecule has 0 fully saturated rings. The van der Waals surface area contributed by atoms with Crippen LogP contribution >= 0.6 is 11.8 Å². The van der Waals surface area contributed by atoms with Gasteiger partial charge in [-0.2, -0.15) is 0 Å². The third-order valence-electron chi connectivity index (χ3n) is 4.08. The van der Waals surface area contributed by atoms with Crippen LogP contribution in [0.3, 0.4) is 0 Å². The number of anilines is 2. The number of aromatic nitrogens is 3. The highest BCUT2D eigenvalue weighted by atomic mass is 32.2. The molecule has 2 aromatic rings. The van der Waals surface area contributed by atoms with Gasteiger partial charge in [-0.25, -0.2) is 14.8 Å². The van der Waals surface area contributed by atoms with Crippen molar-refractivity contribution in [2.24, 2.45) is 7.05 Å². The number of esters is 1. The molecule has 0 radical (unpaired) electrons. The zero-order chi connectivity index (χ0) is 16.6. The van der Waals surface area contributed by atoms with Gasteiger partial charge in [0.25, 0.3) is 0 Å². The largest absolute Gasteiger partial charge is 0.464 e. The molecule has 0 unspecified atom stereocenters. The van der Waals surface area contributed by atoms with Gasteiger partial charge in [0.15, 0.2) is 10.9 Å². The molecule has 3 heterocycles. The zero-order valence-corrected chi connectivity index (χ0v) is 14.7. The molecule has 1 aliphatic rings. The summed E-state index contributed by atoms with van der Waals surface area (Å²) < 4.78 is 6.72. The predicted octanol–water partition coefficient (Wildman–Crippen LogP) is 2.47. The second-order valence-corrected chi connectivity index (χ2v) is 6.23. The van der Waals surface area contributed by atoms with Gasteiger partial charge in [0.1, 0.15) is 11.5 Å². The minimum absolute atomic E-state index is 0.369. The van der Waals surface area contributed by atoms with Crippen LogP contribution in [0.2, 0.25) is 0 Å². The lowest BCUT2D eigenvalue weighted by Crippen LogP contribution is -2.34. The highest BCUT2D eigenvalue weighted by Gasteiger charge is 2.30. The van der Waals surface area contributed by atoms with Crippen molar-refractivity contribution in [1.82, 2.24) is 14.5 Å². The summed E-state index contributed by atoms with van der Waals surface area (Å²) in [5.41, 5.74) is 2.01. The van der Waals surface area contributed by atoms with Crippen LogP contribution in [-0.4, -0.2) is 47.1 Å². The fourth-order valence-corrected chi connectivity index (χ4v) is 3.24. The monoisotopic (exact) mass is 335 g/mol. The lowest BCUT2D eigenvalue weighted by Gasteiger charge is -2.29. The summed E-state index contributed by atoms with van der Waals surface area (Å²) in [6.45, 7) is 3.72. The average Bonchev–Trinajstić information content (AvgIpc) is 2.86. The van der Waals surface area contributed by atoms with Gasteiger partial charge in [0.2, 0.25) is 0 Å². The molecule has 0 saturated heterocycles. The van der Waals surface area contributed by atoms with Gasteiger partial charge in [0, 0.05) is 13.6 Å². The fraction of sp³-hybridized carbons (Fsp3) is 0.533. The molecule has 7 nitrogen and oxygen atoms in total. The smallest absolute Gasteiger partial charge is 0.356 e. The Morgan fingerprint density at radius 1 is 1.43 bits per heavy atom. The van der Waals surface area contributed by atoms with E-state index in [4.69, 9.17) is 9.72 Å². The van der Waals surface area contributed by atoms with E-state index in [-0.39, 0.29) is 5.97 Å². The summed E-state index contributed by atoms with van der Waals surface area (Å²) in [5.74, 6) is 0.527. The molecule has 124 valence electrons. The average molecular weight is 335 g/mol. The van der Waals surface area contributed by atoms with Gasteiger partial charge in [0.05, 0.1) is 24.9 Å². The number of hydrogen-bond donors (Lipinski definition) is 1. The van der Waals surface area contributed by atoms with E-state index in [0.717, 1.165) is 41.9 Å². The van der Waals surface area contributed by atoms with E-state index in [0.29, 0.717) is 17.5 Å². The third kappa shape index (κ3) is 2.50. The molecule has 0 amide bonds. The number of carbonyl (C=O) groups is 1. The summed E-state index contributed by atoms with van der Waals surface area (Å²) >= 11 is 1.50. The molecular formula is C15H21N5O2S. The second kappa shape index (κ2) is 6.27. The number of unbranched alkanes of at least 4 members (excludes halogenated alkanes) is 1. The Morgan fingerprint density at radius 3 is 2.87 bits per heavy atom. The molecule has 0 saturated carbocycles. The molecule has 0 spiro atoms. The van der Waals surface area contributed by atoms with Crippen LogP contribution in [0, 0.1) is 0 Å². The Kier molecular flexibility index (Phi) is 4.34. The maximum absolute atomic E-state index is 12.2. The maximum atomic E-state index is 12.2. The predicted molar refractivity (Wildman–Crippen MR) is 92.4 cm³/mol. The first kappa shape index (κ1) is 15.9. The Balaban J connectivity index is 2.25. The van der Waals surface area contributed by atoms with Crippen molar-refractivity contribution in [3.63, 3.8) is 0 Å². The van der Waals surface area contributed by atoms with Gasteiger partial charge in [-0.15, -0.1) is 0 Å². The van der Waals surface area contributed by atoms with Crippen LogP contribution in [0.4, 0.5) is 11.5 Å². The quantitative estimate of drug-likeness (QED) is 0.511. The first-order valence-corrected chi connectivity index (χ1v) is 8.86. The molecule has 0 atom stereocenters. The molecule has 0 aromatic carbocycles. The van der Waals surface area contributed by atoms with Crippen LogP contribution < -0.4 is 10.2 Å². The molecule has 3 rings (SSSR count). The Bertz CT molecular complexity index is 758. The number of thioether (sulfide) groups is 1. The van der Waals surface area contributed by atoms with Crippen LogP contribution in [-0.2, 0) is 11.8 Å². The van der Waals surface area contributed by atoms with Crippen molar-refractivity contribution >= 4 is 40.3 Å². The minimum atomic E-state index is -0.369. The van der Waals surface area contributed by atoms with E-state index in [2.05, 4.69) is 22.1 Å². The van der Waals surface area contributed by atoms with Crippen molar-refractivity contribution in [1.29, 1.82) is 0 Å². The summed E-state index contributed by atoms with van der Waals surface area (Å²) in [6, 6.07) is 0. The molecule has 0 bridgehead atoms. The number of rotatable bonds is 5. The van der Waals surface area contributed by atoms with Gasteiger partial charge >= 0.3 is 5.97 Å². The number of aryl methyl sites for hydroxylation is 1. The van der Waals surface area contributed by atoms with E-state index < -0.39 is 0 Å². The lowest BCUT2D eigenvalue weighted by molar-refractivity contribution is 0.0591. The van der Waals surface area contributed by atoms with Crippen LogP contribution in [0.15, 0.2) is 5.16 Å². The standard InChI is InChI=1S/C15H21N5O2S/c1-5-6-7-20-8-16-10-9-12(17-15(23-4)18-13(9)20)19(2)11(10)14(21)22-3/h16H,5-8H2,1-4H3. The Morgan fingerprint density at radius 2 is 2.22 bits per heavy atom. The normalized spacial score (nSPS) is 13.3. The highest BCUT2D eigenvalue weighted by molar-refractivity contribution is 7.98. The fourth-order valence-electron chi connectivity index (χ4n) is 2.89. The maximum Gasteiger partial charge on any atom is 0.356 e. The zero-order valence-electron chi connectivity index (χ0n) is 13.8. The van der Waals surface area contributed by atoms with E-state index in [1.807, 2.05) is 13.3 Å². The summed E-state index contributed by atoms with van der Waals surface area (Å²) in [6.07, 6.45) is 4.17. The molecule has 0 aliphatic carbocycles. The first-order chi connectivity index (χ1) is 11.1. The Hall–Kier alpha value is -1.96. The van der Waals surface area contributed by atoms with E-state index >= 15 is 0 Å². The third-order valence-corrected chi connectivity index (χ3v) is 4.63. The summed E-state index contributed by atoms with van der Waals surface area (Å²) in [7, 11) is 3.23. The topological polar surface area (TPSA) is 72.3 Å². The van der Waals surface area contributed by atoms with Gasteiger partial charge < -0.3 is 19.5 Å².